The SMILES string of the molecule is CC(C)S(=O)(=O)c1ccc(Cl)cc1CNC(=O)c1cc(C(F)(F)F)cc(Br)c1N. The Morgan fingerprint density at radius 3 is 2.41 bits per heavy atom. The second-order valence-electron chi connectivity index (χ2n) is 6.45. The van der Waals surface area contributed by atoms with Gasteiger partial charge in [0, 0.05) is 16.0 Å². The van der Waals surface area contributed by atoms with Crippen molar-refractivity contribution in [2.45, 2.75) is 36.7 Å². The van der Waals surface area contributed by atoms with Gasteiger partial charge in [-0.05, 0) is 65.7 Å². The molecule has 5 nitrogen and oxygen atoms in total. The number of carbonyl (C=O) groups excluding carboxylic acids is 1. The van der Waals surface area contributed by atoms with E-state index in [-0.39, 0.29) is 37.7 Å². The van der Waals surface area contributed by atoms with E-state index in [0.29, 0.717) is 6.07 Å². The van der Waals surface area contributed by atoms with Crippen molar-refractivity contribution in [3.63, 3.8) is 0 Å². The van der Waals surface area contributed by atoms with Crippen molar-refractivity contribution in [2.24, 2.45) is 0 Å². The van der Waals surface area contributed by atoms with Crippen LogP contribution in [0.1, 0.15) is 35.3 Å². The molecule has 0 radical (unpaired) electrons. The summed E-state index contributed by atoms with van der Waals surface area (Å²) in [5.41, 5.74) is 4.34. The maximum absolute atomic E-state index is 13.0. The third kappa shape index (κ3) is 5.23. The van der Waals surface area contributed by atoms with E-state index in [4.69, 9.17) is 17.3 Å². The van der Waals surface area contributed by atoms with Crippen molar-refractivity contribution < 1.29 is 26.4 Å². The Hall–Kier alpha value is -1.78. The van der Waals surface area contributed by atoms with Crippen molar-refractivity contribution in [3.8, 4) is 0 Å². The molecule has 158 valence electrons. The fourth-order valence-corrected chi connectivity index (χ4v) is 4.37. The zero-order chi connectivity index (χ0) is 22.1. The molecule has 0 saturated carbocycles. The van der Waals surface area contributed by atoms with Gasteiger partial charge in [0.1, 0.15) is 0 Å². The van der Waals surface area contributed by atoms with Gasteiger partial charge in [-0.25, -0.2) is 8.42 Å². The monoisotopic (exact) mass is 512 g/mol. The third-order valence-electron chi connectivity index (χ3n) is 4.09. The van der Waals surface area contributed by atoms with E-state index in [1.54, 1.807) is 0 Å². The van der Waals surface area contributed by atoms with Crippen LogP contribution in [0.25, 0.3) is 0 Å². The normalized spacial score (nSPS) is 12.3. The van der Waals surface area contributed by atoms with Crippen LogP contribution in [0.3, 0.4) is 0 Å². The molecule has 0 atom stereocenters. The van der Waals surface area contributed by atoms with Crippen LogP contribution in [0.5, 0.6) is 0 Å². The first-order chi connectivity index (χ1) is 13.2. The zero-order valence-corrected chi connectivity index (χ0v) is 18.4. The average Bonchev–Trinajstić information content (AvgIpc) is 2.60. The van der Waals surface area contributed by atoms with Crippen LogP contribution in [0.2, 0.25) is 5.02 Å². The molecule has 11 heteroatoms. The van der Waals surface area contributed by atoms with E-state index in [9.17, 15) is 26.4 Å². The lowest BCUT2D eigenvalue weighted by Crippen LogP contribution is -2.26. The first kappa shape index (κ1) is 23.5. The number of alkyl halides is 3. The molecule has 0 aliphatic carbocycles. The first-order valence-corrected chi connectivity index (χ1v) is 10.9. The van der Waals surface area contributed by atoms with Gasteiger partial charge in [-0.2, -0.15) is 13.2 Å². The highest BCUT2D eigenvalue weighted by atomic mass is 79.9. The molecule has 0 saturated heterocycles. The van der Waals surface area contributed by atoms with Gasteiger partial charge >= 0.3 is 6.18 Å². The van der Waals surface area contributed by atoms with Crippen molar-refractivity contribution in [2.75, 3.05) is 5.73 Å². The minimum absolute atomic E-state index is 0.0182. The van der Waals surface area contributed by atoms with Gasteiger partial charge in [0.25, 0.3) is 5.91 Å². The third-order valence-corrected chi connectivity index (χ3v) is 7.23. The van der Waals surface area contributed by atoms with E-state index in [1.165, 1.54) is 32.0 Å². The number of carbonyl (C=O) groups is 1. The van der Waals surface area contributed by atoms with Crippen LogP contribution in [0.15, 0.2) is 39.7 Å². The fraction of sp³-hybridized carbons (Fsp3) is 0.278. The standard InChI is InChI=1S/C18H17BrClF3N2O3S/c1-9(2)29(27,28)15-4-3-12(20)5-10(15)8-25-17(26)13-6-11(18(21,22)23)7-14(19)16(13)24/h3-7,9H,8,24H2,1-2H3,(H,25,26). The van der Waals surface area contributed by atoms with Crippen molar-refractivity contribution >= 4 is 49.0 Å². The minimum atomic E-state index is -4.67. The number of hydrogen-bond donors (Lipinski definition) is 2. The molecule has 0 fully saturated rings. The number of halogens is 5. The Balaban J connectivity index is 2.38. The highest BCUT2D eigenvalue weighted by Gasteiger charge is 2.32. The summed E-state index contributed by atoms with van der Waals surface area (Å²) in [6.45, 7) is 2.74. The quantitative estimate of drug-likeness (QED) is 0.561. The minimum Gasteiger partial charge on any atom is -0.397 e. The number of sulfone groups is 1. The van der Waals surface area contributed by atoms with E-state index >= 15 is 0 Å². The van der Waals surface area contributed by atoms with Gasteiger partial charge in [-0.15, -0.1) is 0 Å². The molecule has 0 aliphatic heterocycles. The van der Waals surface area contributed by atoms with Crippen molar-refractivity contribution in [1.29, 1.82) is 0 Å². The Morgan fingerprint density at radius 2 is 1.86 bits per heavy atom. The predicted octanol–water partition coefficient (Wildman–Crippen LogP) is 4.82. The summed E-state index contributed by atoms with van der Waals surface area (Å²) < 4.78 is 64.0. The molecule has 0 bridgehead atoms. The molecule has 0 aliphatic rings. The van der Waals surface area contributed by atoms with Crippen molar-refractivity contribution in [1.82, 2.24) is 5.32 Å². The van der Waals surface area contributed by atoms with Gasteiger partial charge in [-0.1, -0.05) is 11.6 Å². The lowest BCUT2D eigenvalue weighted by Gasteiger charge is -2.16. The smallest absolute Gasteiger partial charge is 0.397 e. The van der Waals surface area contributed by atoms with E-state index in [1.807, 2.05) is 0 Å². The van der Waals surface area contributed by atoms with Crippen LogP contribution in [-0.2, 0) is 22.6 Å². The Bertz CT molecular complexity index is 1060. The molecule has 0 heterocycles. The largest absolute Gasteiger partial charge is 0.416 e. The lowest BCUT2D eigenvalue weighted by atomic mass is 10.1. The maximum Gasteiger partial charge on any atom is 0.416 e. The highest BCUT2D eigenvalue weighted by molar-refractivity contribution is 9.10. The summed E-state index contributed by atoms with van der Waals surface area (Å²) in [7, 11) is -3.67. The van der Waals surface area contributed by atoms with Crippen molar-refractivity contribution in [3.05, 3.63) is 56.5 Å². The zero-order valence-electron chi connectivity index (χ0n) is 15.3. The number of nitrogens with two attached hydrogens (primary N) is 1. The highest BCUT2D eigenvalue weighted by Crippen LogP contribution is 2.35. The van der Waals surface area contributed by atoms with Gasteiger partial charge < -0.3 is 11.1 Å². The second kappa shape index (κ2) is 8.53. The summed E-state index contributed by atoms with van der Waals surface area (Å²) in [5, 5.41) is 1.94. The number of nitrogen functional groups attached to an aromatic ring is 1. The maximum atomic E-state index is 13.0. The van der Waals surface area contributed by atoms with Gasteiger partial charge in [0.2, 0.25) is 0 Å². The Morgan fingerprint density at radius 1 is 1.24 bits per heavy atom. The number of nitrogens with one attached hydrogen (secondary N) is 1. The molecule has 2 aromatic carbocycles. The summed E-state index contributed by atoms with van der Waals surface area (Å²) in [4.78, 5) is 12.5. The number of anilines is 1. The number of amides is 1. The molecule has 1 amide bonds. The van der Waals surface area contributed by atoms with Gasteiger partial charge in [0.05, 0.1) is 27.0 Å². The number of rotatable bonds is 5. The van der Waals surface area contributed by atoms with Crippen LogP contribution in [0, 0.1) is 0 Å². The van der Waals surface area contributed by atoms with E-state index in [2.05, 4.69) is 21.2 Å². The number of benzene rings is 2. The van der Waals surface area contributed by atoms with Crippen LogP contribution in [0.4, 0.5) is 18.9 Å². The van der Waals surface area contributed by atoms with Crippen LogP contribution >= 0.6 is 27.5 Å². The summed E-state index contributed by atoms with van der Waals surface area (Å²) in [5.74, 6) is -0.887. The first-order valence-electron chi connectivity index (χ1n) is 8.22. The van der Waals surface area contributed by atoms with Gasteiger partial charge in [0.15, 0.2) is 9.84 Å². The Labute approximate surface area is 179 Å². The van der Waals surface area contributed by atoms with E-state index in [0.717, 1.165) is 6.07 Å². The van der Waals surface area contributed by atoms with Crippen LogP contribution < -0.4 is 11.1 Å². The molecule has 3 N–H and O–H groups in total. The number of hydrogen-bond acceptors (Lipinski definition) is 4. The molecule has 0 aromatic heterocycles. The molecule has 29 heavy (non-hydrogen) atoms. The average molecular weight is 514 g/mol. The second-order valence-corrected chi connectivity index (χ2v) is 10.2. The topological polar surface area (TPSA) is 89.3 Å². The fourth-order valence-electron chi connectivity index (χ4n) is 2.46. The Kier molecular flexibility index (Phi) is 6.91. The molecular formula is C18H17BrClF3N2O3S. The lowest BCUT2D eigenvalue weighted by molar-refractivity contribution is -0.137. The molecule has 2 aromatic rings. The molecule has 2 rings (SSSR count). The summed E-state index contributed by atoms with van der Waals surface area (Å²) >= 11 is 8.85. The molecule has 0 spiro atoms. The summed E-state index contributed by atoms with van der Waals surface area (Å²) in [6, 6.07) is 5.52. The molecular weight excluding hydrogens is 497 g/mol. The van der Waals surface area contributed by atoms with E-state index < -0.39 is 32.7 Å². The summed E-state index contributed by atoms with van der Waals surface area (Å²) in [6.07, 6.45) is -4.67. The van der Waals surface area contributed by atoms with Gasteiger partial charge in [-0.3, -0.25) is 4.79 Å². The molecule has 0 unspecified atom stereocenters. The predicted molar refractivity (Wildman–Crippen MR) is 109 cm³/mol. The van der Waals surface area contributed by atoms with Crippen LogP contribution in [-0.4, -0.2) is 19.6 Å².